The number of likely N-dealkylation sites (tertiary alicyclic amines) is 1. The molecule has 2 amide bonds. The van der Waals surface area contributed by atoms with Crippen molar-refractivity contribution in [2.45, 2.75) is 66.4 Å². The predicted octanol–water partition coefficient (Wildman–Crippen LogP) is 3.05. The highest BCUT2D eigenvalue weighted by atomic mass is 79.9. The average molecular weight is 554 g/mol. The second kappa shape index (κ2) is 10.6. The molecular formula is C25H33BrN2O5S. The molecule has 186 valence electrons. The molecule has 7 nitrogen and oxygen atoms in total. The van der Waals surface area contributed by atoms with Crippen LogP contribution in [0.5, 0.6) is 0 Å². The van der Waals surface area contributed by atoms with Crippen molar-refractivity contribution in [1.82, 2.24) is 10.2 Å². The van der Waals surface area contributed by atoms with E-state index in [4.69, 9.17) is 4.74 Å². The first-order valence-electron chi connectivity index (χ1n) is 12.1. The summed E-state index contributed by atoms with van der Waals surface area (Å²) in [6.07, 6.45) is 3.52. The molecule has 2 bridgehead atoms. The van der Waals surface area contributed by atoms with Crippen LogP contribution in [-0.4, -0.2) is 68.4 Å². The first-order valence-corrected chi connectivity index (χ1v) is 13.9. The van der Waals surface area contributed by atoms with Crippen LogP contribution in [0.25, 0.3) is 0 Å². The van der Waals surface area contributed by atoms with Gasteiger partial charge in [-0.25, -0.2) is 0 Å². The smallest absolute Gasteiger partial charge is 0.310 e. The van der Waals surface area contributed by atoms with Gasteiger partial charge in [-0.3, -0.25) is 14.4 Å². The fraction of sp³-hybridized carbons (Fsp3) is 0.640. The van der Waals surface area contributed by atoms with Crippen LogP contribution in [0.15, 0.2) is 30.3 Å². The molecule has 0 aromatic heterocycles. The lowest BCUT2D eigenvalue weighted by atomic mass is 9.71. The number of alkyl halides is 1. The van der Waals surface area contributed by atoms with Gasteiger partial charge in [0.25, 0.3) is 0 Å². The zero-order chi connectivity index (χ0) is 24.5. The Balaban J connectivity index is 1.75. The number of unbranched alkanes of at least 4 members (excludes halogenated alkanes) is 2. The van der Waals surface area contributed by atoms with Gasteiger partial charge in [-0.1, -0.05) is 66.0 Å². The molecule has 4 rings (SSSR count). The average Bonchev–Trinajstić information content (AvgIpc) is 3.42. The van der Waals surface area contributed by atoms with Crippen molar-refractivity contribution in [2.24, 2.45) is 11.8 Å². The van der Waals surface area contributed by atoms with E-state index in [9.17, 15) is 19.5 Å². The van der Waals surface area contributed by atoms with Crippen molar-refractivity contribution in [1.29, 1.82) is 0 Å². The topological polar surface area (TPSA) is 95.9 Å². The highest BCUT2D eigenvalue weighted by molar-refractivity contribution is 9.09. The Labute approximate surface area is 213 Å². The summed E-state index contributed by atoms with van der Waals surface area (Å²) < 4.78 is 4.63. The summed E-state index contributed by atoms with van der Waals surface area (Å²) in [5, 5.41) is 13.3. The molecule has 0 radical (unpaired) electrons. The maximum absolute atomic E-state index is 14.1. The Morgan fingerprint density at radius 3 is 2.68 bits per heavy atom. The van der Waals surface area contributed by atoms with E-state index in [2.05, 4.69) is 28.2 Å². The lowest BCUT2D eigenvalue weighted by Crippen LogP contribution is -2.55. The summed E-state index contributed by atoms with van der Waals surface area (Å²) in [5.74, 6) is -2.11. The predicted molar refractivity (Wildman–Crippen MR) is 134 cm³/mol. The number of rotatable bonds is 10. The number of carbonyl (C=O) groups excluding carboxylic acids is 3. The van der Waals surface area contributed by atoms with E-state index >= 15 is 0 Å². The highest BCUT2D eigenvalue weighted by Crippen LogP contribution is 2.68. The zero-order valence-corrected chi connectivity index (χ0v) is 22.0. The van der Waals surface area contributed by atoms with E-state index in [0.717, 1.165) is 24.8 Å². The molecule has 3 fully saturated rings. The molecule has 3 unspecified atom stereocenters. The Morgan fingerprint density at radius 2 is 2.03 bits per heavy atom. The van der Waals surface area contributed by atoms with Crippen molar-refractivity contribution in [3.63, 3.8) is 0 Å². The standard InChI is InChI=1S/C25H33BrN2O5S/c1-3-5-9-12-27-22(30)21-25-13-16(26)20(34-25)18(24(32)33-4-2)19(25)23(31)28(21)17(14-29)15-10-7-6-8-11-15/h6-8,10-11,16-21,29H,3-5,9,12-14H2,1-2H3,(H,27,30)/t16?,17-,18-,19+,20-,21?,25?/m1/s1. The van der Waals surface area contributed by atoms with E-state index in [0.29, 0.717) is 13.0 Å². The number of hydrogen-bond donors (Lipinski definition) is 2. The molecule has 1 spiro atoms. The summed E-state index contributed by atoms with van der Waals surface area (Å²) in [7, 11) is 0. The molecule has 3 aliphatic heterocycles. The second-order valence-electron chi connectivity index (χ2n) is 9.27. The molecule has 1 aromatic carbocycles. The van der Waals surface area contributed by atoms with Gasteiger partial charge in [-0.2, -0.15) is 0 Å². The maximum atomic E-state index is 14.1. The number of amides is 2. The first kappa shape index (κ1) is 25.5. The van der Waals surface area contributed by atoms with Crippen LogP contribution in [0.1, 0.15) is 51.1 Å². The molecule has 0 aliphatic carbocycles. The third kappa shape index (κ3) is 4.17. The molecule has 2 N–H and O–H groups in total. The zero-order valence-electron chi connectivity index (χ0n) is 19.6. The number of nitrogens with zero attached hydrogens (tertiary/aromatic N) is 1. The Kier molecular flexibility index (Phi) is 7.94. The number of aliphatic hydroxyl groups excluding tert-OH is 1. The molecule has 9 heteroatoms. The summed E-state index contributed by atoms with van der Waals surface area (Å²) in [6.45, 7) is 4.32. The quantitative estimate of drug-likeness (QED) is 0.263. The van der Waals surface area contributed by atoms with Crippen molar-refractivity contribution in [3.8, 4) is 0 Å². The van der Waals surface area contributed by atoms with Gasteiger partial charge in [0.1, 0.15) is 6.04 Å². The summed E-state index contributed by atoms with van der Waals surface area (Å²) in [4.78, 5) is 42.4. The lowest BCUT2D eigenvalue weighted by Gasteiger charge is -2.37. The van der Waals surface area contributed by atoms with Crippen LogP contribution in [-0.2, 0) is 19.1 Å². The minimum Gasteiger partial charge on any atom is -0.466 e. The Bertz CT molecular complexity index is 918. The maximum Gasteiger partial charge on any atom is 0.310 e. The fourth-order valence-corrected chi connectivity index (χ4v) is 9.51. The minimum atomic E-state index is -0.779. The molecular weight excluding hydrogens is 520 g/mol. The number of nitrogens with one attached hydrogen (secondary N) is 1. The Hall–Kier alpha value is -1.58. The normalized spacial score (nSPS) is 32.5. The number of hydrogen-bond acceptors (Lipinski definition) is 6. The van der Waals surface area contributed by atoms with E-state index < -0.39 is 28.7 Å². The molecule has 0 saturated carbocycles. The number of esters is 1. The molecule has 3 saturated heterocycles. The Morgan fingerprint density at radius 1 is 1.29 bits per heavy atom. The fourth-order valence-electron chi connectivity index (χ4n) is 5.92. The minimum absolute atomic E-state index is 0.00407. The van der Waals surface area contributed by atoms with Crippen LogP contribution in [0.4, 0.5) is 0 Å². The van der Waals surface area contributed by atoms with Crippen molar-refractivity contribution < 1.29 is 24.2 Å². The molecule has 7 atom stereocenters. The largest absolute Gasteiger partial charge is 0.466 e. The SMILES string of the molecule is CCCCCNC(=O)C1N([C@H](CO)c2ccccc2)C(=O)[C@@H]2[C@@H](C(=O)OCC)[C@@H]3SC12CC3Br. The van der Waals surface area contributed by atoms with Gasteiger partial charge in [0.2, 0.25) is 11.8 Å². The number of halogens is 1. The summed E-state index contributed by atoms with van der Waals surface area (Å²) >= 11 is 5.31. The van der Waals surface area contributed by atoms with Gasteiger partial charge in [-0.15, -0.1) is 11.8 Å². The van der Waals surface area contributed by atoms with Gasteiger partial charge < -0.3 is 20.1 Å². The van der Waals surface area contributed by atoms with E-state index in [-0.39, 0.29) is 41.1 Å². The van der Waals surface area contributed by atoms with Crippen LogP contribution in [0, 0.1) is 11.8 Å². The summed E-state index contributed by atoms with van der Waals surface area (Å²) in [6, 6.07) is 7.85. The number of fused-ring (bicyclic) bond motifs is 1. The van der Waals surface area contributed by atoms with Crippen molar-refractivity contribution >= 4 is 45.5 Å². The van der Waals surface area contributed by atoms with Crippen molar-refractivity contribution in [2.75, 3.05) is 19.8 Å². The van der Waals surface area contributed by atoms with Crippen LogP contribution in [0.3, 0.4) is 0 Å². The lowest BCUT2D eigenvalue weighted by molar-refractivity contribution is -0.154. The van der Waals surface area contributed by atoms with Crippen molar-refractivity contribution in [3.05, 3.63) is 35.9 Å². The number of benzene rings is 1. The molecule has 3 aliphatic rings. The second-order valence-corrected chi connectivity index (χ2v) is 12.0. The molecule has 3 heterocycles. The van der Waals surface area contributed by atoms with Gasteiger partial charge in [0.15, 0.2) is 0 Å². The number of thioether (sulfide) groups is 1. The highest BCUT2D eigenvalue weighted by Gasteiger charge is 2.76. The van der Waals surface area contributed by atoms with Gasteiger partial charge >= 0.3 is 5.97 Å². The van der Waals surface area contributed by atoms with E-state index in [1.807, 2.05) is 30.3 Å². The third-order valence-electron chi connectivity index (χ3n) is 7.31. The van der Waals surface area contributed by atoms with Crippen LogP contribution < -0.4 is 5.32 Å². The van der Waals surface area contributed by atoms with Gasteiger partial charge in [0.05, 0.1) is 35.8 Å². The monoisotopic (exact) mass is 552 g/mol. The number of ether oxygens (including phenoxy) is 1. The molecule has 34 heavy (non-hydrogen) atoms. The summed E-state index contributed by atoms with van der Waals surface area (Å²) in [5.41, 5.74) is 0.765. The third-order valence-corrected chi connectivity index (χ3v) is 10.5. The van der Waals surface area contributed by atoms with Crippen LogP contribution >= 0.6 is 27.7 Å². The van der Waals surface area contributed by atoms with Crippen LogP contribution in [0.2, 0.25) is 0 Å². The van der Waals surface area contributed by atoms with E-state index in [1.165, 1.54) is 0 Å². The number of carbonyl (C=O) groups is 3. The first-order chi connectivity index (χ1) is 16.4. The van der Waals surface area contributed by atoms with E-state index in [1.54, 1.807) is 23.6 Å². The van der Waals surface area contributed by atoms with Gasteiger partial charge in [0, 0.05) is 16.6 Å². The molecule has 1 aromatic rings. The van der Waals surface area contributed by atoms with Gasteiger partial charge in [-0.05, 0) is 25.3 Å². The number of aliphatic hydroxyl groups is 1.